The third kappa shape index (κ3) is 3.55. The maximum atomic E-state index is 12.5. The fraction of sp³-hybridized carbons (Fsp3) is 0.158. The van der Waals surface area contributed by atoms with Gasteiger partial charge < -0.3 is 5.32 Å². The van der Waals surface area contributed by atoms with Gasteiger partial charge in [-0.2, -0.15) is 4.98 Å². The molecule has 0 saturated heterocycles. The summed E-state index contributed by atoms with van der Waals surface area (Å²) in [6.07, 6.45) is -0.146. The van der Waals surface area contributed by atoms with E-state index in [9.17, 15) is 19.7 Å². The van der Waals surface area contributed by atoms with E-state index in [-0.39, 0.29) is 24.0 Å². The number of nitrogens with zero attached hydrogens (tertiary/aromatic N) is 4. The fourth-order valence-electron chi connectivity index (χ4n) is 3.10. The van der Waals surface area contributed by atoms with E-state index in [0.29, 0.717) is 17.1 Å². The van der Waals surface area contributed by atoms with Gasteiger partial charge in [0.25, 0.3) is 11.6 Å². The first-order chi connectivity index (χ1) is 13.9. The van der Waals surface area contributed by atoms with E-state index in [1.165, 1.54) is 22.9 Å². The van der Waals surface area contributed by atoms with Crippen molar-refractivity contribution in [2.75, 3.05) is 10.6 Å². The van der Waals surface area contributed by atoms with Crippen molar-refractivity contribution >= 4 is 29.1 Å². The summed E-state index contributed by atoms with van der Waals surface area (Å²) in [6, 6.07) is 12.6. The summed E-state index contributed by atoms with van der Waals surface area (Å²) in [7, 11) is 0. The predicted molar refractivity (Wildman–Crippen MR) is 104 cm³/mol. The summed E-state index contributed by atoms with van der Waals surface area (Å²) >= 11 is 0. The number of benzene rings is 2. The number of nitro benzene ring substituents is 1. The number of hydrogen-bond donors (Lipinski definition) is 2. The van der Waals surface area contributed by atoms with Crippen LogP contribution in [0.15, 0.2) is 48.5 Å². The molecule has 1 aromatic heterocycles. The molecule has 1 aliphatic heterocycles. The summed E-state index contributed by atoms with van der Waals surface area (Å²) in [5.41, 5.74) is 1.74. The molecule has 0 radical (unpaired) electrons. The molecular formula is C19H16N6O4. The van der Waals surface area contributed by atoms with Crippen LogP contribution in [0, 0.1) is 17.0 Å². The number of carbonyl (C=O) groups excluding carboxylic acids is 2. The van der Waals surface area contributed by atoms with Gasteiger partial charge in [0.15, 0.2) is 5.82 Å². The number of non-ortho nitro benzene ring substituents is 1. The Bertz CT molecular complexity index is 1120. The maximum Gasteiger partial charge on any atom is 0.269 e. The molecule has 10 heteroatoms. The van der Waals surface area contributed by atoms with Crippen LogP contribution in [0.1, 0.15) is 18.0 Å². The highest BCUT2D eigenvalue weighted by atomic mass is 16.6. The predicted octanol–water partition coefficient (Wildman–Crippen LogP) is 2.68. The van der Waals surface area contributed by atoms with Crippen LogP contribution < -0.4 is 10.6 Å². The molecule has 3 aromatic rings. The van der Waals surface area contributed by atoms with Crippen molar-refractivity contribution < 1.29 is 14.5 Å². The van der Waals surface area contributed by atoms with E-state index < -0.39 is 16.9 Å². The van der Waals surface area contributed by atoms with Crippen molar-refractivity contribution in [2.45, 2.75) is 19.4 Å². The molecule has 10 nitrogen and oxygen atoms in total. The quantitative estimate of drug-likeness (QED) is 0.507. The zero-order chi connectivity index (χ0) is 20.5. The van der Waals surface area contributed by atoms with Crippen LogP contribution in [0.4, 0.5) is 17.3 Å². The molecule has 1 unspecified atom stereocenters. The Labute approximate surface area is 164 Å². The average molecular weight is 392 g/mol. The Balaban J connectivity index is 1.50. The van der Waals surface area contributed by atoms with E-state index in [1.54, 1.807) is 6.92 Å². The topological polar surface area (TPSA) is 132 Å². The number of aromatic nitrogens is 3. The highest BCUT2D eigenvalue weighted by molar-refractivity contribution is 6.01. The molecule has 0 spiro atoms. The molecule has 0 aliphatic carbocycles. The Morgan fingerprint density at radius 2 is 2.03 bits per heavy atom. The number of aryl methyl sites for hydroxylation is 1. The molecule has 0 bridgehead atoms. The van der Waals surface area contributed by atoms with Crippen LogP contribution in [0.5, 0.6) is 0 Å². The standard InChI is InChI=1S/C19H16N6O4/c1-11-9-13(25(28)29)7-8-14(11)20-16(26)10-15-18(27)22-19-21-17(23-24(15)19)12-5-3-2-4-6-12/h2-9,15H,10H2,1H3,(H,20,26)(H,21,22,23,27). The second kappa shape index (κ2) is 7.15. The Hall–Kier alpha value is -4.08. The van der Waals surface area contributed by atoms with Crippen LogP contribution in [-0.4, -0.2) is 31.5 Å². The van der Waals surface area contributed by atoms with Gasteiger partial charge in [0, 0.05) is 23.4 Å². The smallest absolute Gasteiger partial charge is 0.269 e. The highest BCUT2D eigenvalue weighted by Gasteiger charge is 2.35. The van der Waals surface area contributed by atoms with Crippen molar-refractivity contribution in [1.82, 2.24) is 14.8 Å². The first-order valence-electron chi connectivity index (χ1n) is 8.80. The van der Waals surface area contributed by atoms with E-state index in [4.69, 9.17) is 0 Å². The van der Waals surface area contributed by atoms with Gasteiger partial charge in [-0.05, 0) is 18.6 Å². The Morgan fingerprint density at radius 1 is 1.28 bits per heavy atom. The van der Waals surface area contributed by atoms with E-state index in [2.05, 4.69) is 20.7 Å². The van der Waals surface area contributed by atoms with Gasteiger partial charge in [0.2, 0.25) is 11.9 Å². The molecule has 0 fully saturated rings. The summed E-state index contributed by atoms with van der Waals surface area (Å²) < 4.78 is 1.41. The molecule has 29 heavy (non-hydrogen) atoms. The van der Waals surface area contributed by atoms with Crippen molar-refractivity contribution in [2.24, 2.45) is 0 Å². The van der Waals surface area contributed by atoms with Gasteiger partial charge in [-0.3, -0.25) is 25.0 Å². The van der Waals surface area contributed by atoms with Crippen molar-refractivity contribution in [1.29, 1.82) is 0 Å². The Morgan fingerprint density at radius 3 is 2.72 bits per heavy atom. The molecule has 4 rings (SSSR count). The normalized spacial score (nSPS) is 14.9. The second-order valence-electron chi connectivity index (χ2n) is 6.58. The molecule has 2 heterocycles. The van der Waals surface area contributed by atoms with Crippen LogP contribution in [0.3, 0.4) is 0 Å². The monoisotopic (exact) mass is 392 g/mol. The molecule has 2 N–H and O–H groups in total. The van der Waals surface area contributed by atoms with Crippen molar-refractivity contribution in [3.05, 3.63) is 64.2 Å². The number of amides is 2. The number of rotatable bonds is 5. The largest absolute Gasteiger partial charge is 0.326 e. The molecule has 2 amide bonds. The lowest BCUT2D eigenvalue weighted by Gasteiger charge is -2.11. The molecule has 146 valence electrons. The summed E-state index contributed by atoms with van der Waals surface area (Å²) in [5.74, 6) is -0.0303. The minimum Gasteiger partial charge on any atom is -0.326 e. The van der Waals surface area contributed by atoms with Gasteiger partial charge in [0.1, 0.15) is 6.04 Å². The van der Waals surface area contributed by atoms with E-state index in [1.807, 2.05) is 30.3 Å². The maximum absolute atomic E-state index is 12.5. The zero-order valence-electron chi connectivity index (χ0n) is 15.3. The first-order valence-corrected chi connectivity index (χ1v) is 8.80. The number of anilines is 2. The number of fused-ring (bicyclic) bond motifs is 1. The average Bonchev–Trinajstić information content (AvgIpc) is 3.23. The van der Waals surface area contributed by atoms with Crippen molar-refractivity contribution in [3.63, 3.8) is 0 Å². The molecule has 1 aliphatic rings. The number of nitrogens with one attached hydrogen (secondary N) is 2. The second-order valence-corrected chi connectivity index (χ2v) is 6.58. The highest BCUT2D eigenvalue weighted by Crippen LogP contribution is 2.29. The molecular weight excluding hydrogens is 376 g/mol. The number of carbonyl (C=O) groups is 2. The summed E-state index contributed by atoms with van der Waals surface area (Å²) in [4.78, 5) is 39.4. The Kier molecular flexibility index (Phi) is 4.51. The minimum atomic E-state index is -0.826. The third-order valence-corrected chi connectivity index (χ3v) is 4.57. The van der Waals surface area contributed by atoms with Crippen LogP contribution in [0.25, 0.3) is 11.4 Å². The van der Waals surface area contributed by atoms with E-state index >= 15 is 0 Å². The van der Waals surface area contributed by atoms with Gasteiger partial charge in [-0.15, -0.1) is 5.10 Å². The number of hydrogen-bond acceptors (Lipinski definition) is 6. The van der Waals surface area contributed by atoms with Crippen LogP contribution in [0.2, 0.25) is 0 Å². The first kappa shape index (κ1) is 18.3. The van der Waals surface area contributed by atoms with Gasteiger partial charge in [-0.25, -0.2) is 4.68 Å². The minimum absolute atomic E-state index is 0.0589. The van der Waals surface area contributed by atoms with Gasteiger partial charge >= 0.3 is 0 Å². The van der Waals surface area contributed by atoms with Crippen molar-refractivity contribution in [3.8, 4) is 11.4 Å². The third-order valence-electron chi connectivity index (χ3n) is 4.57. The lowest BCUT2D eigenvalue weighted by Crippen LogP contribution is -2.24. The lowest BCUT2D eigenvalue weighted by molar-refractivity contribution is -0.384. The summed E-state index contributed by atoms with van der Waals surface area (Å²) in [5, 5.41) is 20.5. The molecule has 0 saturated carbocycles. The fourth-order valence-corrected chi connectivity index (χ4v) is 3.10. The lowest BCUT2D eigenvalue weighted by atomic mass is 10.1. The number of nitro groups is 1. The zero-order valence-corrected chi connectivity index (χ0v) is 15.3. The molecule has 2 aromatic carbocycles. The van der Waals surface area contributed by atoms with E-state index in [0.717, 1.165) is 5.56 Å². The SMILES string of the molecule is Cc1cc([N+](=O)[O-])ccc1NC(=O)CC1C(=O)Nc2nc(-c3ccccc3)nn21. The van der Waals surface area contributed by atoms with Gasteiger partial charge in [-0.1, -0.05) is 30.3 Å². The molecule has 1 atom stereocenters. The summed E-state index contributed by atoms with van der Waals surface area (Å²) in [6.45, 7) is 1.66. The van der Waals surface area contributed by atoms with Crippen LogP contribution in [-0.2, 0) is 9.59 Å². The van der Waals surface area contributed by atoms with Gasteiger partial charge in [0.05, 0.1) is 11.3 Å². The van der Waals surface area contributed by atoms with Crippen LogP contribution >= 0.6 is 0 Å².